The maximum atomic E-state index is 2.56. The van der Waals surface area contributed by atoms with Gasteiger partial charge in [0.25, 0.3) is 0 Å². The minimum atomic E-state index is -0.108. The van der Waals surface area contributed by atoms with Gasteiger partial charge in [-0.25, -0.2) is 0 Å². The van der Waals surface area contributed by atoms with Crippen molar-refractivity contribution in [2.75, 3.05) is 0 Å². The van der Waals surface area contributed by atoms with Crippen LogP contribution >= 0.6 is 0 Å². The molecule has 0 saturated heterocycles. The standard InChI is InChI=1S/C45H43.2ClH.Zr/c1-28-19-20-32-24-29(2)40(36(32)23-28)42-38-26-33-25-34(44(3,4)5)21-22-35(33)37(38)27-39(43(42)45(6,7)8)41(30-15-11-9-12-16-30)31-17-13-10-14-18-31;;;/h9-25,27,40H,1-8H3;2*1H;/q;;;+2/p-2. The zero-order valence-corrected chi connectivity index (χ0v) is 33.2. The van der Waals surface area contributed by atoms with Gasteiger partial charge in [-0.05, 0) is 0 Å². The first-order valence-corrected chi connectivity index (χ1v) is 17.8. The molecule has 1 atom stereocenters. The van der Waals surface area contributed by atoms with Crippen molar-refractivity contribution < 1.29 is 49.5 Å². The molecule has 2 aliphatic carbocycles. The third-order valence-corrected chi connectivity index (χ3v) is 11.2. The first-order valence-electron chi connectivity index (χ1n) is 16.6. The van der Waals surface area contributed by atoms with Crippen molar-refractivity contribution >= 4 is 14.9 Å². The average molecular weight is 746 g/mol. The zero-order chi connectivity index (χ0) is 32.5. The molecule has 241 valence electrons. The van der Waals surface area contributed by atoms with Gasteiger partial charge in [-0.1, -0.05) is 0 Å². The molecule has 3 heteroatoms. The summed E-state index contributed by atoms with van der Waals surface area (Å²) in [5.41, 5.74) is 17.9. The second-order valence-electron chi connectivity index (χ2n) is 15.3. The van der Waals surface area contributed by atoms with Gasteiger partial charge in [-0.3, -0.25) is 0 Å². The van der Waals surface area contributed by atoms with Crippen LogP contribution in [0, 0.1) is 6.92 Å². The number of benzene rings is 5. The van der Waals surface area contributed by atoms with E-state index in [0.717, 1.165) is 0 Å². The molecule has 0 spiro atoms. The third-order valence-electron chi connectivity index (χ3n) is 9.89. The van der Waals surface area contributed by atoms with E-state index in [1.165, 1.54) is 111 Å². The maximum absolute atomic E-state index is 2.56. The molecule has 0 aromatic heterocycles. The molecule has 0 amide bonds. The SMILES string of the molecule is CC1=Cc2ccc(C)cc2C1c1c(C(C)(C)C)c(=C(c2ccccc2)c2ccccc2)cc2c1=[C]([Zr+2])c1cc(C(C)(C)C)ccc1-2.[Cl-].[Cl-]. The summed E-state index contributed by atoms with van der Waals surface area (Å²) in [5.74, 6) is 0.206. The topological polar surface area (TPSA) is 0 Å². The summed E-state index contributed by atoms with van der Waals surface area (Å²) in [6.07, 6.45) is 2.44. The van der Waals surface area contributed by atoms with Gasteiger partial charge >= 0.3 is 292 Å². The molecule has 7 rings (SSSR count). The fourth-order valence-electron chi connectivity index (χ4n) is 7.79. The van der Waals surface area contributed by atoms with Crippen molar-refractivity contribution in [1.82, 2.24) is 0 Å². The van der Waals surface area contributed by atoms with Gasteiger partial charge in [-0.2, -0.15) is 0 Å². The predicted molar refractivity (Wildman–Crippen MR) is 192 cm³/mol. The van der Waals surface area contributed by atoms with Crippen LogP contribution in [0.25, 0.3) is 26.1 Å². The van der Waals surface area contributed by atoms with Crippen LogP contribution in [-0.4, -0.2) is 0 Å². The summed E-state index contributed by atoms with van der Waals surface area (Å²) < 4.78 is 1.49. The predicted octanol–water partition coefficient (Wildman–Crippen LogP) is 4.08. The van der Waals surface area contributed by atoms with E-state index in [1.807, 2.05) is 0 Å². The summed E-state index contributed by atoms with van der Waals surface area (Å²) in [4.78, 5) is 0. The van der Waals surface area contributed by atoms with E-state index >= 15 is 0 Å². The van der Waals surface area contributed by atoms with Crippen molar-refractivity contribution in [3.63, 3.8) is 0 Å². The van der Waals surface area contributed by atoms with Crippen molar-refractivity contribution in [1.29, 1.82) is 0 Å². The van der Waals surface area contributed by atoms with Crippen LogP contribution in [0.3, 0.4) is 0 Å². The zero-order valence-electron chi connectivity index (χ0n) is 29.2. The molecule has 0 aliphatic heterocycles. The van der Waals surface area contributed by atoms with Crippen LogP contribution in [0.5, 0.6) is 0 Å². The maximum Gasteiger partial charge on any atom is -1.00 e. The van der Waals surface area contributed by atoms with E-state index in [0.29, 0.717) is 0 Å². The molecule has 5 aromatic rings. The smallest absolute Gasteiger partial charge is 1.00 e. The van der Waals surface area contributed by atoms with Crippen LogP contribution in [0.2, 0.25) is 0 Å². The van der Waals surface area contributed by atoms with Gasteiger partial charge in [0.1, 0.15) is 0 Å². The fraction of sp³-hybridized carbons (Fsp3) is 0.244. The minimum Gasteiger partial charge on any atom is -1.00 e. The Morgan fingerprint density at radius 2 is 1.23 bits per heavy atom. The summed E-state index contributed by atoms with van der Waals surface area (Å²) in [7, 11) is 0. The van der Waals surface area contributed by atoms with E-state index in [9.17, 15) is 0 Å². The Bertz CT molecular complexity index is 2140. The Morgan fingerprint density at radius 3 is 1.79 bits per heavy atom. The molecule has 0 bridgehead atoms. The Hall–Kier alpha value is -2.96. The minimum absolute atomic E-state index is 0. The van der Waals surface area contributed by atoms with Crippen molar-refractivity contribution in [2.45, 2.75) is 72.1 Å². The number of fused-ring (bicyclic) bond motifs is 4. The monoisotopic (exact) mass is 743 g/mol. The van der Waals surface area contributed by atoms with Gasteiger partial charge in [0.15, 0.2) is 0 Å². The quantitative estimate of drug-likeness (QED) is 0.262. The molecule has 0 heterocycles. The van der Waals surface area contributed by atoms with Gasteiger partial charge in [-0.15, -0.1) is 0 Å². The van der Waals surface area contributed by atoms with Crippen molar-refractivity contribution in [3.05, 3.63) is 169 Å². The van der Waals surface area contributed by atoms with Crippen LogP contribution in [-0.2, 0) is 35.5 Å². The van der Waals surface area contributed by atoms with Crippen LogP contribution in [0.4, 0.5) is 0 Å². The summed E-state index contributed by atoms with van der Waals surface area (Å²) >= 11 is 1.47. The second kappa shape index (κ2) is 13.4. The Morgan fingerprint density at radius 1 is 0.625 bits per heavy atom. The molecule has 48 heavy (non-hydrogen) atoms. The van der Waals surface area contributed by atoms with Gasteiger partial charge in [0.2, 0.25) is 0 Å². The summed E-state index contributed by atoms with van der Waals surface area (Å²) in [5, 5.41) is 2.82. The summed E-state index contributed by atoms with van der Waals surface area (Å²) in [6, 6.07) is 39.0. The Kier molecular flexibility index (Phi) is 10.1. The number of aryl methyl sites for hydroxylation is 1. The number of halogens is 2. The van der Waals surface area contributed by atoms with Gasteiger partial charge < -0.3 is 24.8 Å². The molecular weight excluding hydrogens is 703 g/mol. The van der Waals surface area contributed by atoms with E-state index in [2.05, 4.69) is 165 Å². The molecule has 0 fully saturated rings. The van der Waals surface area contributed by atoms with Crippen molar-refractivity contribution in [2.24, 2.45) is 0 Å². The van der Waals surface area contributed by atoms with Gasteiger partial charge in [0, 0.05) is 0 Å². The molecule has 0 N–H and O–H groups in total. The third kappa shape index (κ3) is 6.17. The van der Waals surface area contributed by atoms with Crippen LogP contribution in [0.15, 0.2) is 109 Å². The van der Waals surface area contributed by atoms with E-state index in [-0.39, 0.29) is 41.6 Å². The first kappa shape index (κ1) is 36.3. The fourth-order valence-corrected chi connectivity index (χ4v) is 8.96. The van der Waals surface area contributed by atoms with Crippen LogP contribution in [0.1, 0.15) is 104 Å². The number of hydrogen-bond acceptors (Lipinski definition) is 0. The molecule has 0 radical (unpaired) electrons. The molecule has 5 aromatic carbocycles. The van der Waals surface area contributed by atoms with E-state index < -0.39 is 0 Å². The number of allylic oxidation sites excluding steroid dienone is 1. The second-order valence-corrected chi connectivity index (χ2v) is 16.6. The molecule has 2 aliphatic rings. The first-order chi connectivity index (χ1) is 21.8. The molecular formula is C45H43Cl2Zr. The Balaban J connectivity index is 0.00000225. The summed E-state index contributed by atoms with van der Waals surface area (Å²) in [6.45, 7) is 18.8. The van der Waals surface area contributed by atoms with Gasteiger partial charge in [0.05, 0.1) is 0 Å². The number of hydrogen-bond donors (Lipinski definition) is 0. The average Bonchev–Trinajstić information content (AvgIpc) is 3.49. The normalized spacial score (nSPS) is 14.8. The van der Waals surface area contributed by atoms with Crippen LogP contribution < -0.4 is 35.3 Å². The van der Waals surface area contributed by atoms with E-state index in [1.54, 1.807) is 0 Å². The molecule has 0 nitrogen and oxygen atoms in total. The van der Waals surface area contributed by atoms with E-state index in [4.69, 9.17) is 0 Å². The number of rotatable bonds is 3. The van der Waals surface area contributed by atoms with Crippen molar-refractivity contribution in [3.8, 4) is 11.1 Å². The molecule has 0 saturated carbocycles. The molecule has 1 unspecified atom stereocenters. The largest absolute Gasteiger partial charge is 1.00 e. The Labute approximate surface area is 314 Å².